The number of sulfonamides is 1. The van der Waals surface area contributed by atoms with Crippen LogP contribution in [0.15, 0.2) is 29.2 Å². The van der Waals surface area contributed by atoms with E-state index >= 15 is 0 Å². The molecule has 1 aromatic carbocycles. The first kappa shape index (κ1) is 16.7. The number of hydrogen-bond donors (Lipinski definition) is 3. The second kappa shape index (κ2) is 7.57. The average molecular weight is 327 g/mol. The zero-order chi connectivity index (χ0) is 16.0. The minimum absolute atomic E-state index is 0.0655. The normalized spacial score (nSPS) is 15.0. The lowest BCUT2D eigenvalue weighted by Crippen LogP contribution is -2.32. The van der Waals surface area contributed by atoms with E-state index in [1.54, 1.807) is 17.0 Å². The van der Waals surface area contributed by atoms with Gasteiger partial charge in [-0.3, -0.25) is 0 Å². The van der Waals surface area contributed by atoms with E-state index in [2.05, 4.69) is 10.0 Å². The highest BCUT2D eigenvalue weighted by Crippen LogP contribution is 2.16. The van der Waals surface area contributed by atoms with Gasteiger partial charge in [-0.1, -0.05) is 0 Å². The second-order valence-electron chi connectivity index (χ2n) is 5.12. The number of amides is 2. The van der Waals surface area contributed by atoms with Crippen LogP contribution in [0.1, 0.15) is 19.3 Å². The molecule has 1 aromatic rings. The lowest BCUT2D eigenvalue weighted by molar-refractivity contribution is 0.222. The Bertz CT molecular complexity index is 595. The fraction of sp³-hybridized carbons (Fsp3) is 0.500. The maximum Gasteiger partial charge on any atom is 0.321 e. The van der Waals surface area contributed by atoms with Crippen molar-refractivity contribution in [1.29, 1.82) is 0 Å². The van der Waals surface area contributed by atoms with Gasteiger partial charge in [0.1, 0.15) is 0 Å². The molecule has 0 aliphatic carbocycles. The molecule has 7 nitrogen and oxygen atoms in total. The smallest absolute Gasteiger partial charge is 0.321 e. The number of hydrogen-bond acceptors (Lipinski definition) is 4. The van der Waals surface area contributed by atoms with Crippen molar-refractivity contribution in [3.63, 3.8) is 0 Å². The molecule has 0 spiro atoms. The summed E-state index contributed by atoms with van der Waals surface area (Å²) in [4.78, 5) is 13.8. The minimum Gasteiger partial charge on any atom is -0.396 e. The van der Waals surface area contributed by atoms with Crippen LogP contribution in [0.3, 0.4) is 0 Å². The number of anilines is 1. The number of benzene rings is 1. The van der Waals surface area contributed by atoms with Gasteiger partial charge in [-0.15, -0.1) is 0 Å². The van der Waals surface area contributed by atoms with Crippen LogP contribution in [0.5, 0.6) is 0 Å². The van der Waals surface area contributed by atoms with E-state index < -0.39 is 10.0 Å². The fourth-order valence-corrected chi connectivity index (χ4v) is 3.28. The van der Waals surface area contributed by atoms with E-state index in [0.717, 1.165) is 25.9 Å². The summed E-state index contributed by atoms with van der Waals surface area (Å²) in [6, 6.07) is 5.86. The molecule has 22 heavy (non-hydrogen) atoms. The van der Waals surface area contributed by atoms with Gasteiger partial charge in [0.2, 0.25) is 10.0 Å². The first-order chi connectivity index (χ1) is 10.5. The van der Waals surface area contributed by atoms with Crippen molar-refractivity contribution in [2.75, 3.05) is 31.6 Å². The number of urea groups is 1. The van der Waals surface area contributed by atoms with E-state index in [4.69, 9.17) is 5.11 Å². The van der Waals surface area contributed by atoms with Gasteiger partial charge in [-0.25, -0.2) is 17.9 Å². The number of nitrogens with zero attached hydrogens (tertiary/aromatic N) is 1. The number of aliphatic hydroxyl groups excluding tert-OH is 1. The van der Waals surface area contributed by atoms with Gasteiger partial charge < -0.3 is 15.3 Å². The Morgan fingerprint density at radius 1 is 1.18 bits per heavy atom. The Labute approximate surface area is 130 Å². The first-order valence-corrected chi connectivity index (χ1v) is 8.78. The van der Waals surface area contributed by atoms with Crippen molar-refractivity contribution in [2.45, 2.75) is 24.2 Å². The summed E-state index contributed by atoms with van der Waals surface area (Å²) in [5.41, 5.74) is 0.561. The average Bonchev–Trinajstić information content (AvgIpc) is 3.02. The molecule has 1 saturated heterocycles. The Balaban J connectivity index is 1.96. The molecule has 0 saturated carbocycles. The number of rotatable bonds is 6. The summed E-state index contributed by atoms with van der Waals surface area (Å²) >= 11 is 0. The van der Waals surface area contributed by atoms with Gasteiger partial charge >= 0.3 is 6.03 Å². The monoisotopic (exact) mass is 327 g/mol. The largest absolute Gasteiger partial charge is 0.396 e. The quantitative estimate of drug-likeness (QED) is 0.678. The highest BCUT2D eigenvalue weighted by molar-refractivity contribution is 7.89. The molecule has 1 aliphatic rings. The van der Waals surface area contributed by atoms with Crippen molar-refractivity contribution in [2.24, 2.45) is 0 Å². The van der Waals surface area contributed by atoms with Crippen molar-refractivity contribution in [1.82, 2.24) is 9.62 Å². The van der Waals surface area contributed by atoms with Crippen LogP contribution in [0.4, 0.5) is 10.5 Å². The number of aliphatic hydroxyl groups is 1. The number of carbonyl (C=O) groups excluding carboxylic acids is 1. The van der Waals surface area contributed by atoms with E-state index in [9.17, 15) is 13.2 Å². The van der Waals surface area contributed by atoms with Crippen LogP contribution in [-0.4, -0.2) is 50.7 Å². The van der Waals surface area contributed by atoms with Gasteiger partial charge in [-0.2, -0.15) is 0 Å². The van der Waals surface area contributed by atoms with Gasteiger partial charge in [0.25, 0.3) is 0 Å². The maximum absolute atomic E-state index is 12.0. The SMILES string of the molecule is O=C(Nc1ccc(S(=O)(=O)NCCCO)cc1)N1CCCC1. The molecule has 2 amide bonds. The third-order valence-corrected chi connectivity index (χ3v) is 4.91. The van der Waals surface area contributed by atoms with E-state index in [-0.39, 0.29) is 24.1 Å². The van der Waals surface area contributed by atoms with Crippen LogP contribution < -0.4 is 10.0 Å². The molecule has 0 aromatic heterocycles. The first-order valence-electron chi connectivity index (χ1n) is 7.29. The van der Waals surface area contributed by atoms with Gasteiger partial charge in [0.15, 0.2) is 0 Å². The van der Waals surface area contributed by atoms with Gasteiger partial charge in [0.05, 0.1) is 4.90 Å². The minimum atomic E-state index is -3.58. The van der Waals surface area contributed by atoms with E-state index in [1.807, 2.05) is 0 Å². The van der Waals surface area contributed by atoms with E-state index in [1.165, 1.54) is 12.1 Å². The molecule has 3 N–H and O–H groups in total. The molecule has 0 unspecified atom stereocenters. The van der Waals surface area contributed by atoms with Crippen LogP contribution >= 0.6 is 0 Å². The molecule has 8 heteroatoms. The van der Waals surface area contributed by atoms with Crippen LogP contribution in [0, 0.1) is 0 Å². The molecule has 0 atom stereocenters. The zero-order valence-corrected chi connectivity index (χ0v) is 13.1. The van der Waals surface area contributed by atoms with Crippen molar-refractivity contribution in [3.8, 4) is 0 Å². The molecule has 122 valence electrons. The van der Waals surface area contributed by atoms with Gasteiger partial charge in [0, 0.05) is 31.9 Å². The summed E-state index contributed by atoms with van der Waals surface area (Å²) < 4.78 is 26.3. The van der Waals surface area contributed by atoms with E-state index in [0.29, 0.717) is 12.1 Å². The maximum atomic E-state index is 12.0. The highest BCUT2D eigenvalue weighted by Gasteiger charge is 2.18. The molecule has 1 heterocycles. The van der Waals surface area contributed by atoms with Crippen molar-refractivity contribution < 1.29 is 18.3 Å². The molecular formula is C14H21N3O4S. The lowest BCUT2D eigenvalue weighted by Gasteiger charge is -2.16. The summed E-state index contributed by atoms with van der Waals surface area (Å²) in [7, 11) is -3.58. The third-order valence-electron chi connectivity index (χ3n) is 3.44. The Morgan fingerprint density at radius 2 is 1.82 bits per heavy atom. The standard InChI is InChI=1S/C14H21N3O4S/c18-11-3-8-15-22(20,21)13-6-4-12(5-7-13)16-14(19)17-9-1-2-10-17/h4-7,15,18H,1-3,8-11H2,(H,16,19). The van der Waals surface area contributed by atoms with Gasteiger partial charge in [-0.05, 0) is 43.5 Å². The highest BCUT2D eigenvalue weighted by atomic mass is 32.2. The number of likely N-dealkylation sites (tertiary alicyclic amines) is 1. The predicted molar refractivity (Wildman–Crippen MR) is 83.2 cm³/mol. The molecule has 1 aliphatic heterocycles. The Hall–Kier alpha value is -1.64. The molecule has 0 radical (unpaired) electrons. The van der Waals surface area contributed by atoms with Crippen molar-refractivity contribution >= 4 is 21.7 Å². The summed E-state index contributed by atoms with van der Waals surface area (Å²) in [5.74, 6) is 0. The predicted octanol–water partition coefficient (Wildman–Crippen LogP) is 0.975. The Kier molecular flexibility index (Phi) is 5.76. The summed E-state index contributed by atoms with van der Waals surface area (Å²) in [5, 5.41) is 11.4. The summed E-state index contributed by atoms with van der Waals surface area (Å²) in [6.07, 6.45) is 2.40. The fourth-order valence-electron chi connectivity index (χ4n) is 2.21. The topological polar surface area (TPSA) is 98.7 Å². The van der Waals surface area contributed by atoms with Crippen LogP contribution in [0.2, 0.25) is 0 Å². The molecule has 2 rings (SSSR count). The molecule has 1 fully saturated rings. The van der Waals surface area contributed by atoms with Crippen molar-refractivity contribution in [3.05, 3.63) is 24.3 Å². The lowest BCUT2D eigenvalue weighted by atomic mass is 10.3. The van der Waals surface area contributed by atoms with Crippen LogP contribution in [0.25, 0.3) is 0 Å². The second-order valence-corrected chi connectivity index (χ2v) is 6.89. The molecule has 0 bridgehead atoms. The zero-order valence-electron chi connectivity index (χ0n) is 12.3. The third kappa shape index (κ3) is 4.43. The Morgan fingerprint density at radius 3 is 2.41 bits per heavy atom. The van der Waals surface area contributed by atoms with Crippen LogP contribution in [-0.2, 0) is 10.0 Å². The number of carbonyl (C=O) groups is 1. The summed E-state index contributed by atoms with van der Waals surface area (Å²) in [6.45, 7) is 1.64. The molecular weight excluding hydrogens is 306 g/mol. The number of nitrogens with one attached hydrogen (secondary N) is 2.